The first-order chi connectivity index (χ1) is 7.18. The lowest BCUT2D eigenvalue weighted by atomic mass is 10.2. The Morgan fingerprint density at radius 1 is 1.27 bits per heavy atom. The van der Waals surface area contributed by atoms with Crippen LogP contribution in [-0.4, -0.2) is 9.55 Å². The molecule has 0 amide bonds. The number of para-hydroxylation sites is 1. The number of hydrogen-bond acceptors (Lipinski definition) is 3. The monoisotopic (exact) mass is 201 g/mol. The van der Waals surface area contributed by atoms with Crippen LogP contribution >= 0.6 is 0 Å². The zero-order valence-electron chi connectivity index (χ0n) is 8.34. The van der Waals surface area contributed by atoms with E-state index in [4.69, 9.17) is 5.73 Å². The highest BCUT2D eigenvalue weighted by Crippen LogP contribution is 2.10. The predicted molar refractivity (Wildman–Crippen MR) is 59.0 cm³/mol. The van der Waals surface area contributed by atoms with Crippen molar-refractivity contribution >= 4 is 5.82 Å². The molecule has 2 aromatic rings. The van der Waals surface area contributed by atoms with E-state index in [9.17, 15) is 4.79 Å². The lowest BCUT2D eigenvalue weighted by Gasteiger charge is -2.07. The highest BCUT2D eigenvalue weighted by atomic mass is 16.1. The minimum atomic E-state index is -0.357. The van der Waals surface area contributed by atoms with Crippen LogP contribution in [0.25, 0.3) is 5.69 Å². The summed E-state index contributed by atoms with van der Waals surface area (Å²) in [5.41, 5.74) is 6.91. The molecule has 15 heavy (non-hydrogen) atoms. The Balaban J connectivity index is 2.65. The van der Waals surface area contributed by atoms with E-state index in [-0.39, 0.29) is 11.5 Å². The summed E-state index contributed by atoms with van der Waals surface area (Å²) < 4.78 is 1.48. The van der Waals surface area contributed by atoms with Crippen LogP contribution < -0.4 is 11.4 Å². The van der Waals surface area contributed by atoms with Crippen molar-refractivity contribution in [3.63, 3.8) is 0 Å². The van der Waals surface area contributed by atoms with Crippen LogP contribution in [0.2, 0.25) is 0 Å². The van der Waals surface area contributed by atoms with Gasteiger partial charge in [-0.25, -0.2) is 4.79 Å². The van der Waals surface area contributed by atoms with Crippen molar-refractivity contribution in [2.45, 2.75) is 6.92 Å². The number of nitrogen functional groups attached to an aromatic ring is 1. The average Bonchev–Trinajstić information content (AvgIpc) is 2.20. The molecule has 1 aromatic carbocycles. The number of nitrogens with two attached hydrogens (primary N) is 1. The molecule has 0 radical (unpaired) electrons. The van der Waals surface area contributed by atoms with Gasteiger partial charge in [0.15, 0.2) is 0 Å². The molecule has 0 atom stereocenters. The Hall–Kier alpha value is -2.10. The number of nitrogens with zero attached hydrogens (tertiary/aromatic N) is 2. The van der Waals surface area contributed by atoms with Crippen LogP contribution in [0.3, 0.4) is 0 Å². The third-order valence-corrected chi connectivity index (χ3v) is 2.20. The fraction of sp³-hybridized carbons (Fsp3) is 0.0909. The second-order valence-corrected chi connectivity index (χ2v) is 3.29. The largest absolute Gasteiger partial charge is 0.383 e. The normalized spacial score (nSPS) is 10.2. The molecule has 2 rings (SSSR count). The van der Waals surface area contributed by atoms with Crippen LogP contribution in [0.1, 0.15) is 5.56 Å². The summed E-state index contributed by atoms with van der Waals surface area (Å²) in [6, 6.07) is 9.22. The Labute approximate surface area is 87.0 Å². The van der Waals surface area contributed by atoms with Crippen LogP contribution in [0, 0.1) is 6.92 Å². The van der Waals surface area contributed by atoms with Crippen molar-refractivity contribution < 1.29 is 0 Å². The zero-order chi connectivity index (χ0) is 10.8. The lowest BCUT2D eigenvalue weighted by Crippen LogP contribution is -2.22. The van der Waals surface area contributed by atoms with E-state index in [1.54, 1.807) is 12.3 Å². The molecule has 0 unspecified atom stereocenters. The van der Waals surface area contributed by atoms with Crippen molar-refractivity contribution in [3.8, 4) is 5.69 Å². The van der Waals surface area contributed by atoms with Gasteiger partial charge in [0.1, 0.15) is 5.82 Å². The van der Waals surface area contributed by atoms with E-state index >= 15 is 0 Å². The third kappa shape index (κ3) is 1.74. The van der Waals surface area contributed by atoms with Gasteiger partial charge in [0.2, 0.25) is 0 Å². The van der Waals surface area contributed by atoms with Gasteiger partial charge >= 0.3 is 5.69 Å². The fourth-order valence-corrected chi connectivity index (χ4v) is 1.43. The molecular formula is C11H11N3O. The number of anilines is 1. The number of aromatic nitrogens is 2. The molecule has 0 aliphatic rings. The highest BCUT2D eigenvalue weighted by molar-refractivity contribution is 5.40. The summed E-state index contributed by atoms with van der Waals surface area (Å²) in [5, 5.41) is 0. The molecular weight excluding hydrogens is 190 g/mol. The van der Waals surface area contributed by atoms with Gasteiger partial charge < -0.3 is 5.73 Å². The second kappa shape index (κ2) is 3.57. The molecule has 4 heteroatoms. The maximum absolute atomic E-state index is 11.6. The predicted octanol–water partition coefficient (Wildman–Crippen LogP) is 1.12. The summed E-state index contributed by atoms with van der Waals surface area (Å²) in [6.45, 7) is 1.94. The molecule has 0 spiro atoms. The Bertz CT molecular complexity index is 546. The Morgan fingerprint density at radius 2 is 2.00 bits per heavy atom. The second-order valence-electron chi connectivity index (χ2n) is 3.29. The van der Waals surface area contributed by atoms with E-state index in [2.05, 4.69) is 4.98 Å². The van der Waals surface area contributed by atoms with Crippen LogP contribution in [0.15, 0.2) is 41.3 Å². The van der Waals surface area contributed by atoms with E-state index in [0.717, 1.165) is 11.3 Å². The number of aryl methyl sites for hydroxylation is 1. The van der Waals surface area contributed by atoms with E-state index < -0.39 is 0 Å². The molecule has 2 N–H and O–H groups in total. The van der Waals surface area contributed by atoms with Gasteiger partial charge in [-0.15, -0.1) is 0 Å². The van der Waals surface area contributed by atoms with E-state index in [1.165, 1.54) is 4.57 Å². The van der Waals surface area contributed by atoms with Gasteiger partial charge in [-0.1, -0.05) is 18.2 Å². The SMILES string of the molecule is Cc1ccccc1-n1ccc(N)nc1=O. The van der Waals surface area contributed by atoms with Crippen LogP contribution in [0.5, 0.6) is 0 Å². The van der Waals surface area contributed by atoms with Crippen molar-refractivity contribution in [2.75, 3.05) is 5.73 Å². The molecule has 0 aliphatic carbocycles. The molecule has 76 valence electrons. The average molecular weight is 201 g/mol. The van der Waals surface area contributed by atoms with Crippen LogP contribution in [-0.2, 0) is 0 Å². The first-order valence-electron chi connectivity index (χ1n) is 4.59. The van der Waals surface area contributed by atoms with Gasteiger partial charge in [-0.3, -0.25) is 4.57 Å². The fourth-order valence-electron chi connectivity index (χ4n) is 1.43. The van der Waals surface area contributed by atoms with Gasteiger partial charge in [-0.2, -0.15) is 4.98 Å². The van der Waals surface area contributed by atoms with Crippen molar-refractivity contribution in [2.24, 2.45) is 0 Å². The summed E-state index contributed by atoms with van der Waals surface area (Å²) in [7, 11) is 0. The number of rotatable bonds is 1. The van der Waals surface area contributed by atoms with E-state index in [0.29, 0.717) is 0 Å². The van der Waals surface area contributed by atoms with Crippen molar-refractivity contribution in [3.05, 3.63) is 52.6 Å². The molecule has 0 saturated carbocycles. The Kier molecular flexibility index (Phi) is 2.25. The smallest absolute Gasteiger partial charge is 0.354 e. The molecule has 4 nitrogen and oxygen atoms in total. The maximum atomic E-state index is 11.6. The van der Waals surface area contributed by atoms with Gasteiger partial charge in [-0.05, 0) is 24.6 Å². The van der Waals surface area contributed by atoms with Crippen molar-refractivity contribution in [1.29, 1.82) is 0 Å². The lowest BCUT2D eigenvalue weighted by molar-refractivity contribution is 0.912. The van der Waals surface area contributed by atoms with Gasteiger partial charge in [0.25, 0.3) is 0 Å². The molecule has 0 saturated heterocycles. The topological polar surface area (TPSA) is 60.9 Å². The standard InChI is InChI=1S/C11H11N3O/c1-8-4-2-3-5-9(8)14-7-6-10(12)13-11(14)15/h2-7H,1H3,(H2,12,13,15). The number of benzene rings is 1. The third-order valence-electron chi connectivity index (χ3n) is 2.20. The Morgan fingerprint density at radius 3 is 2.67 bits per heavy atom. The summed E-state index contributed by atoms with van der Waals surface area (Å²) in [6.07, 6.45) is 1.63. The van der Waals surface area contributed by atoms with Gasteiger partial charge in [0.05, 0.1) is 5.69 Å². The maximum Gasteiger partial charge on any atom is 0.354 e. The first kappa shape index (κ1) is 9.45. The molecule has 1 heterocycles. The molecule has 0 fully saturated rings. The number of hydrogen-bond donors (Lipinski definition) is 1. The van der Waals surface area contributed by atoms with Crippen molar-refractivity contribution in [1.82, 2.24) is 9.55 Å². The molecule has 1 aromatic heterocycles. The summed E-state index contributed by atoms with van der Waals surface area (Å²) >= 11 is 0. The highest BCUT2D eigenvalue weighted by Gasteiger charge is 2.02. The zero-order valence-corrected chi connectivity index (χ0v) is 8.34. The van der Waals surface area contributed by atoms with E-state index in [1.807, 2.05) is 31.2 Å². The summed E-state index contributed by atoms with van der Waals surface area (Å²) in [5.74, 6) is 0.241. The van der Waals surface area contributed by atoms with Crippen LogP contribution in [0.4, 0.5) is 5.82 Å². The minimum absolute atomic E-state index is 0.241. The first-order valence-corrected chi connectivity index (χ1v) is 4.59. The van der Waals surface area contributed by atoms with Gasteiger partial charge in [0, 0.05) is 6.20 Å². The minimum Gasteiger partial charge on any atom is -0.383 e. The summed E-state index contributed by atoms with van der Waals surface area (Å²) in [4.78, 5) is 15.2. The molecule has 0 bridgehead atoms. The quantitative estimate of drug-likeness (QED) is 0.752. The molecule has 0 aliphatic heterocycles.